The third-order valence-corrected chi connectivity index (χ3v) is 5.80. The van der Waals surface area contributed by atoms with E-state index < -0.39 is 0 Å². The number of aromatic nitrogens is 2. The van der Waals surface area contributed by atoms with Crippen molar-refractivity contribution in [2.45, 2.75) is 78.5 Å². The first-order valence-corrected chi connectivity index (χ1v) is 9.14. The van der Waals surface area contributed by atoms with Gasteiger partial charge in [-0.2, -0.15) is 5.10 Å². The number of ether oxygens (including phenoxy) is 1. The van der Waals surface area contributed by atoms with Crippen LogP contribution >= 0.6 is 0 Å². The normalized spacial score (nSPS) is 24.6. The van der Waals surface area contributed by atoms with E-state index in [-0.39, 0.29) is 23.5 Å². The lowest BCUT2D eigenvalue weighted by atomic mass is 9.51. The Morgan fingerprint density at radius 3 is 2.62 bits per heavy atom. The smallest absolute Gasteiger partial charge is 0.319 e. The van der Waals surface area contributed by atoms with Gasteiger partial charge in [-0.1, -0.05) is 6.42 Å². The SMILES string of the molecule is CCOC1CC(NC(=O)Nc2c(C)nn(C(C)C)c2C)C12CCC2. The van der Waals surface area contributed by atoms with Gasteiger partial charge in [-0.15, -0.1) is 0 Å². The average molecular weight is 334 g/mol. The number of carbonyl (C=O) groups is 1. The quantitative estimate of drug-likeness (QED) is 0.865. The van der Waals surface area contributed by atoms with Gasteiger partial charge in [0.2, 0.25) is 0 Å². The van der Waals surface area contributed by atoms with E-state index in [1.807, 2.05) is 25.5 Å². The lowest BCUT2D eigenvalue weighted by Gasteiger charge is -2.60. The first kappa shape index (κ1) is 17.3. The van der Waals surface area contributed by atoms with Gasteiger partial charge in [0.25, 0.3) is 0 Å². The molecule has 2 saturated carbocycles. The van der Waals surface area contributed by atoms with Crippen molar-refractivity contribution in [1.82, 2.24) is 15.1 Å². The average Bonchev–Trinajstić information content (AvgIpc) is 2.72. The molecule has 2 unspecified atom stereocenters. The predicted octanol–water partition coefficient (Wildman–Crippen LogP) is 3.55. The van der Waals surface area contributed by atoms with Gasteiger partial charge < -0.3 is 15.4 Å². The van der Waals surface area contributed by atoms with Gasteiger partial charge in [0.15, 0.2) is 0 Å². The van der Waals surface area contributed by atoms with E-state index in [1.54, 1.807) is 0 Å². The first-order valence-electron chi connectivity index (χ1n) is 9.14. The third kappa shape index (κ3) is 2.70. The van der Waals surface area contributed by atoms with Crippen molar-refractivity contribution in [3.8, 4) is 0 Å². The number of hydrogen-bond donors (Lipinski definition) is 2. The van der Waals surface area contributed by atoms with E-state index in [1.165, 1.54) is 6.42 Å². The molecule has 0 radical (unpaired) electrons. The van der Waals surface area contributed by atoms with Crippen LogP contribution in [0.2, 0.25) is 0 Å². The number of anilines is 1. The molecular weight excluding hydrogens is 304 g/mol. The zero-order valence-corrected chi connectivity index (χ0v) is 15.5. The molecule has 0 bridgehead atoms. The lowest BCUT2D eigenvalue weighted by molar-refractivity contribution is -0.169. The summed E-state index contributed by atoms with van der Waals surface area (Å²) in [5.41, 5.74) is 2.86. The van der Waals surface area contributed by atoms with Crippen LogP contribution < -0.4 is 10.6 Å². The molecule has 1 aromatic heterocycles. The molecule has 134 valence electrons. The molecule has 2 atom stereocenters. The number of rotatable bonds is 5. The van der Waals surface area contributed by atoms with Gasteiger partial charge in [0, 0.05) is 24.1 Å². The molecule has 2 fully saturated rings. The summed E-state index contributed by atoms with van der Waals surface area (Å²) in [4.78, 5) is 12.5. The molecule has 2 aliphatic carbocycles. The highest BCUT2D eigenvalue weighted by Crippen LogP contribution is 2.57. The van der Waals surface area contributed by atoms with Crippen molar-refractivity contribution in [3.05, 3.63) is 11.4 Å². The molecule has 1 spiro atoms. The maximum absolute atomic E-state index is 12.5. The number of carbonyl (C=O) groups excluding carboxylic acids is 1. The molecule has 2 N–H and O–H groups in total. The van der Waals surface area contributed by atoms with Crippen LogP contribution in [0.3, 0.4) is 0 Å². The van der Waals surface area contributed by atoms with Crippen LogP contribution in [0.1, 0.15) is 63.9 Å². The Morgan fingerprint density at radius 1 is 1.42 bits per heavy atom. The van der Waals surface area contributed by atoms with Crippen molar-refractivity contribution in [2.24, 2.45) is 5.41 Å². The van der Waals surface area contributed by atoms with Gasteiger partial charge in [0.05, 0.1) is 23.2 Å². The maximum atomic E-state index is 12.5. The Balaban J connectivity index is 1.63. The fourth-order valence-corrected chi connectivity index (χ4v) is 4.30. The number of amides is 2. The molecule has 2 amide bonds. The summed E-state index contributed by atoms with van der Waals surface area (Å²) in [7, 11) is 0. The predicted molar refractivity (Wildman–Crippen MR) is 94.3 cm³/mol. The Kier molecular flexibility index (Phi) is 4.60. The second-order valence-corrected chi connectivity index (χ2v) is 7.50. The van der Waals surface area contributed by atoms with E-state index in [2.05, 4.69) is 29.6 Å². The Morgan fingerprint density at radius 2 is 2.12 bits per heavy atom. The molecule has 1 aromatic rings. The molecule has 6 heteroatoms. The van der Waals surface area contributed by atoms with E-state index in [0.29, 0.717) is 6.10 Å². The molecule has 6 nitrogen and oxygen atoms in total. The largest absolute Gasteiger partial charge is 0.378 e. The summed E-state index contributed by atoms with van der Waals surface area (Å²) >= 11 is 0. The van der Waals surface area contributed by atoms with Crippen LogP contribution in [0, 0.1) is 19.3 Å². The summed E-state index contributed by atoms with van der Waals surface area (Å²) in [6, 6.07) is 0.374. The summed E-state index contributed by atoms with van der Waals surface area (Å²) in [5, 5.41) is 10.7. The second-order valence-electron chi connectivity index (χ2n) is 7.50. The van der Waals surface area contributed by atoms with E-state index >= 15 is 0 Å². The fourth-order valence-electron chi connectivity index (χ4n) is 4.30. The number of hydrogen-bond acceptors (Lipinski definition) is 3. The van der Waals surface area contributed by atoms with Crippen molar-refractivity contribution in [1.29, 1.82) is 0 Å². The monoisotopic (exact) mass is 334 g/mol. The second kappa shape index (κ2) is 6.39. The van der Waals surface area contributed by atoms with Crippen molar-refractivity contribution >= 4 is 11.7 Å². The summed E-state index contributed by atoms with van der Waals surface area (Å²) in [6.45, 7) is 10.9. The van der Waals surface area contributed by atoms with Gasteiger partial charge in [-0.25, -0.2) is 4.79 Å². The highest BCUT2D eigenvalue weighted by atomic mass is 16.5. The van der Waals surface area contributed by atoms with E-state index in [0.717, 1.165) is 42.9 Å². The van der Waals surface area contributed by atoms with Crippen molar-refractivity contribution in [3.63, 3.8) is 0 Å². The molecule has 1 heterocycles. The van der Waals surface area contributed by atoms with Crippen LogP contribution in [0.15, 0.2) is 0 Å². The molecular formula is C18H30N4O2. The Bertz CT molecular complexity index is 619. The minimum atomic E-state index is -0.129. The molecule has 0 aromatic carbocycles. The molecule has 24 heavy (non-hydrogen) atoms. The number of nitrogens with one attached hydrogen (secondary N) is 2. The van der Waals surface area contributed by atoms with Crippen LogP contribution in [-0.2, 0) is 4.74 Å². The summed E-state index contributed by atoms with van der Waals surface area (Å²) in [6.07, 6.45) is 4.79. The Labute approximate surface area is 144 Å². The topological polar surface area (TPSA) is 68.2 Å². The zero-order valence-electron chi connectivity index (χ0n) is 15.5. The van der Waals surface area contributed by atoms with Gasteiger partial charge >= 0.3 is 6.03 Å². The summed E-state index contributed by atoms with van der Waals surface area (Å²) in [5.74, 6) is 0. The van der Waals surface area contributed by atoms with Crippen LogP contribution in [0.4, 0.5) is 10.5 Å². The van der Waals surface area contributed by atoms with Crippen molar-refractivity contribution in [2.75, 3.05) is 11.9 Å². The maximum Gasteiger partial charge on any atom is 0.319 e. The number of aryl methyl sites for hydroxylation is 1. The summed E-state index contributed by atoms with van der Waals surface area (Å²) < 4.78 is 7.80. The first-order chi connectivity index (χ1) is 11.4. The standard InChI is InChI=1S/C18H30N4O2/c1-6-24-15-10-14(18(15)8-7-9-18)19-17(23)20-16-12(4)21-22(11(2)3)13(16)5/h11,14-15H,6-10H2,1-5H3,(H2,19,20,23). The highest BCUT2D eigenvalue weighted by molar-refractivity contribution is 5.90. The van der Waals surface area contributed by atoms with Crippen LogP contribution in [-0.4, -0.2) is 34.6 Å². The van der Waals surface area contributed by atoms with Gasteiger partial charge in [-0.3, -0.25) is 4.68 Å². The number of nitrogens with zero attached hydrogens (tertiary/aromatic N) is 2. The third-order valence-electron chi connectivity index (χ3n) is 5.80. The Hall–Kier alpha value is -1.56. The van der Waals surface area contributed by atoms with Crippen LogP contribution in [0.5, 0.6) is 0 Å². The van der Waals surface area contributed by atoms with Crippen molar-refractivity contribution < 1.29 is 9.53 Å². The zero-order chi connectivity index (χ0) is 17.5. The number of urea groups is 1. The molecule has 2 aliphatic rings. The molecule has 0 aliphatic heterocycles. The van der Waals surface area contributed by atoms with E-state index in [4.69, 9.17) is 4.74 Å². The minimum Gasteiger partial charge on any atom is -0.378 e. The fraction of sp³-hybridized carbons (Fsp3) is 0.778. The lowest BCUT2D eigenvalue weighted by Crippen LogP contribution is -2.68. The van der Waals surface area contributed by atoms with Crippen LogP contribution in [0.25, 0.3) is 0 Å². The molecule has 3 rings (SSSR count). The van der Waals surface area contributed by atoms with Gasteiger partial charge in [-0.05, 0) is 53.9 Å². The molecule has 0 saturated heterocycles. The highest BCUT2D eigenvalue weighted by Gasteiger charge is 2.59. The van der Waals surface area contributed by atoms with E-state index in [9.17, 15) is 4.79 Å². The van der Waals surface area contributed by atoms with Gasteiger partial charge in [0.1, 0.15) is 0 Å². The minimum absolute atomic E-state index is 0.129.